The summed E-state index contributed by atoms with van der Waals surface area (Å²) >= 11 is 0. The Morgan fingerprint density at radius 3 is 2.40 bits per heavy atom. The average Bonchev–Trinajstić information content (AvgIpc) is 2.44. The second-order valence-electron chi connectivity index (χ2n) is 2.71. The third kappa shape index (κ3) is 0.920. The number of ether oxygens (including phenoxy) is 1. The molecule has 2 heterocycles. The molecular weight excluding hydrogens is 151 g/mol. The summed E-state index contributed by atoms with van der Waals surface area (Å²) in [5.41, 5.74) is 0. The lowest BCUT2D eigenvalue weighted by molar-refractivity contribution is 0.403. The van der Waals surface area contributed by atoms with Crippen LogP contribution in [0.1, 0.15) is 6.92 Å². The largest absolute Gasteiger partial charge is 0.359 e. The predicted molar refractivity (Wildman–Crippen MR) is 37.9 cm³/mol. The van der Waals surface area contributed by atoms with Gasteiger partial charge in [-0.05, 0) is 6.92 Å². The van der Waals surface area contributed by atoms with Crippen LogP contribution in [0.4, 0.5) is 0 Å². The van der Waals surface area contributed by atoms with Gasteiger partial charge in [0.25, 0.3) is 0 Å². The first-order valence-corrected chi connectivity index (χ1v) is 5.25. The minimum Gasteiger partial charge on any atom is -0.359 e. The number of nitrogens with one attached hydrogen (secondary N) is 2. The molecule has 0 spiro atoms. The van der Waals surface area contributed by atoms with Gasteiger partial charge in [-0.1, -0.05) is 0 Å². The maximum atomic E-state index is 11.6. The molecule has 0 saturated carbocycles. The van der Waals surface area contributed by atoms with Gasteiger partial charge in [-0.25, -0.2) is 0 Å². The van der Waals surface area contributed by atoms with Gasteiger partial charge in [0.15, 0.2) is 5.85 Å². The molecule has 2 aliphatic rings. The van der Waals surface area contributed by atoms with Gasteiger partial charge < -0.3 is 4.74 Å². The SMILES string of the molecule is CC1O[C@H]1P1(=O)NCCN1. The molecule has 2 N–H and O–H groups in total. The van der Waals surface area contributed by atoms with E-state index in [4.69, 9.17) is 4.74 Å². The van der Waals surface area contributed by atoms with Gasteiger partial charge >= 0.3 is 0 Å². The summed E-state index contributed by atoms with van der Waals surface area (Å²) in [4.78, 5) is 0. The molecule has 2 fully saturated rings. The summed E-state index contributed by atoms with van der Waals surface area (Å²) < 4.78 is 16.8. The minimum atomic E-state index is -2.31. The molecule has 0 aromatic heterocycles. The van der Waals surface area contributed by atoms with Crippen LogP contribution in [0.15, 0.2) is 0 Å². The number of rotatable bonds is 1. The molecule has 10 heavy (non-hydrogen) atoms. The van der Waals surface area contributed by atoms with Crippen LogP contribution in [0.25, 0.3) is 0 Å². The van der Waals surface area contributed by atoms with Crippen LogP contribution in [0.3, 0.4) is 0 Å². The Kier molecular flexibility index (Phi) is 1.39. The first-order chi connectivity index (χ1) is 4.72. The van der Waals surface area contributed by atoms with Gasteiger partial charge in [0, 0.05) is 13.1 Å². The standard InChI is InChI=1S/C5H11N2O2P/c1-4-5(9-4)10(8)6-2-3-7-10/h4-5H,2-3H2,1H3,(H2,6,7,8)/t4?,5-/m0/s1. The van der Waals surface area contributed by atoms with Crippen LogP contribution in [0, 0.1) is 0 Å². The lowest BCUT2D eigenvalue weighted by Crippen LogP contribution is -2.12. The summed E-state index contributed by atoms with van der Waals surface area (Å²) in [6.07, 6.45) is 0.170. The normalized spacial score (nSPS) is 43.7. The smallest absolute Gasteiger partial charge is 0.242 e. The molecule has 0 aliphatic carbocycles. The molecule has 2 saturated heterocycles. The molecule has 0 bridgehead atoms. The molecule has 2 atom stereocenters. The summed E-state index contributed by atoms with van der Waals surface area (Å²) in [6, 6.07) is 0. The zero-order valence-corrected chi connectivity index (χ0v) is 6.73. The van der Waals surface area contributed by atoms with E-state index in [1.54, 1.807) is 0 Å². The van der Waals surface area contributed by atoms with Gasteiger partial charge in [-0.2, -0.15) is 0 Å². The molecule has 5 heteroatoms. The van der Waals surface area contributed by atoms with Crippen molar-refractivity contribution in [2.45, 2.75) is 18.9 Å². The number of hydrogen-bond donors (Lipinski definition) is 2. The fourth-order valence-corrected chi connectivity index (χ4v) is 3.55. The average molecular weight is 162 g/mol. The highest BCUT2D eigenvalue weighted by atomic mass is 31.2. The van der Waals surface area contributed by atoms with E-state index in [9.17, 15) is 4.57 Å². The molecule has 58 valence electrons. The van der Waals surface area contributed by atoms with Crippen LogP contribution in [0.5, 0.6) is 0 Å². The highest BCUT2D eigenvalue weighted by Gasteiger charge is 2.51. The third-order valence-corrected chi connectivity index (χ3v) is 4.50. The van der Waals surface area contributed by atoms with Gasteiger partial charge in [-0.3, -0.25) is 14.7 Å². The van der Waals surface area contributed by atoms with Crippen molar-refractivity contribution in [1.82, 2.24) is 10.2 Å². The Labute approximate surface area is 59.8 Å². The summed E-state index contributed by atoms with van der Waals surface area (Å²) in [7, 11) is -2.31. The Bertz CT molecular complexity index is 186. The fraction of sp³-hybridized carbons (Fsp3) is 1.00. The third-order valence-electron chi connectivity index (χ3n) is 1.86. The van der Waals surface area contributed by atoms with E-state index in [1.807, 2.05) is 6.92 Å². The molecular formula is C5H11N2O2P. The maximum Gasteiger partial charge on any atom is 0.242 e. The molecule has 0 amide bonds. The number of hydrogen-bond acceptors (Lipinski definition) is 2. The molecule has 4 nitrogen and oxygen atoms in total. The first-order valence-electron chi connectivity index (χ1n) is 3.48. The predicted octanol–water partition coefficient (Wildman–Crippen LogP) is 0.117. The van der Waals surface area contributed by atoms with Crippen molar-refractivity contribution in [3.8, 4) is 0 Å². The van der Waals surface area contributed by atoms with Crippen molar-refractivity contribution in [3.05, 3.63) is 0 Å². The topological polar surface area (TPSA) is 53.7 Å². The van der Waals surface area contributed by atoms with Crippen LogP contribution < -0.4 is 10.2 Å². The molecule has 0 aromatic rings. The van der Waals surface area contributed by atoms with E-state index in [1.165, 1.54) is 0 Å². The lowest BCUT2D eigenvalue weighted by atomic mass is 10.6. The van der Waals surface area contributed by atoms with Crippen molar-refractivity contribution >= 4 is 7.44 Å². The first kappa shape index (κ1) is 6.80. The Hall–Kier alpha value is 0.110. The van der Waals surface area contributed by atoms with Crippen molar-refractivity contribution in [2.75, 3.05) is 13.1 Å². The highest BCUT2D eigenvalue weighted by molar-refractivity contribution is 7.61. The van der Waals surface area contributed by atoms with Crippen molar-refractivity contribution < 1.29 is 9.30 Å². The molecule has 2 aliphatic heterocycles. The minimum absolute atomic E-state index is 0.0602. The monoisotopic (exact) mass is 162 g/mol. The van der Waals surface area contributed by atoms with Gasteiger partial charge in [0.05, 0.1) is 6.10 Å². The molecule has 0 radical (unpaired) electrons. The zero-order valence-electron chi connectivity index (χ0n) is 5.83. The quantitative estimate of drug-likeness (QED) is 0.424. The number of epoxide rings is 1. The molecule has 0 aromatic carbocycles. The fourth-order valence-electron chi connectivity index (χ4n) is 1.24. The summed E-state index contributed by atoms with van der Waals surface area (Å²) in [5, 5.41) is 5.89. The maximum absolute atomic E-state index is 11.6. The Morgan fingerprint density at radius 1 is 1.50 bits per heavy atom. The van der Waals surface area contributed by atoms with Crippen molar-refractivity contribution in [1.29, 1.82) is 0 Å². The van der Waals surface area contributed by atoms with Crippen LogP contribution >= 0.6 is 7.44 Å². The summed E-state index contributed by atoms with van der Waals surface area (Å²) in [6.45, 7) is 3.53. The van der Waals surface area contributed by atoms with Crippen LogP contribution in [-0.4, -0.2) is 25.0 Å². The molecule has 2 rings (SSSR count). The van der Waals surface area contributed by atoms with Crippen molar-refractivity contribution in [3.63, 3.8) is 0 Å². The van der Waals surface area contributed by atoms with Gasteiger partial charge in [0.1, 0.15) is 0 Å². The van der Waals surface area contributed by atoms with E-state index in [2.05, 4.69) is 10.2 Å². The van der Waals surface area contributed by atoms with Crippen molar-refractivity contribution in [2.24, 2.45) is 0 Å². The van der Waals surface area contributed by atoms with Crippen LogP contribution in [0.2, 0.25) is 0 Å². The van der Waals surface area contributed by atoms with E-state index >= 15 is 0 Å². The Morgan fingerprint density at radius 2 is 2.00 bits per heavy atom. The van der Waals surface area contributed by atoms with E-state index in [0.29, 0.717) is 0 Å². The van der Waals surface area contributed by atoms with Crippen LogP contribution in [-0.2, 0) is 9.30 Å². The second kappa shape index (κ2) is 2.05. The zero-order chi connectivity index (χ0) is 7.19. The van der Waals surface area contributed by atoms with E-state index < -0.39 is 7.44 Å². The lowest BCUT2D eigenvalue weighted by Gasteiger charge is -2.06. The molecule has 1 unspecified atom stereocenters. The van der Waals surface area contributed by atoms with Gasteiger partial charge in [0.2, 0.25) is 7.44 Å². The van der Waals surface area contributed by atoms with E-state index in [0.717, 1.165) is 13.1 Å². The highest BCUT2D eigenvalue weighted by Crippen LogP contribution is 2.54. The van der Waals surface area contributed by atoms with E-state index in [-0.39, 0.29) is 11.9 Å². The second-order valence-corrected chi connectivity index (χ2v) is 5.16. The van der Waals surface area contributed by atoms with Gasteiger partial charge in [-0.15, -0.1) is 0 Å². The summed E-state index contributed by atoms with van der Waals surface area (Å²) in [5.74, 6) is -0.0602. The Balaban J connectivity index is 2.08.